The van der Waals surface area contributed by atoms with Gasteiger partial charge in [-0.3, -0.25) is 0 Å². The third kappa shape index (κ3) is 6.08. The summed E-state index contributed by atoms with van der Waals surface area (Å²) in [5, 5.41) is 0. The fourth-order valence-electron chi connectivity index (χ4n) is 4.37. The quantitative estimate of drug-likeness (QED) is 0.533. The molecule has 3 rings (SSSR count). The molecule has 1 saturated heterocycles. The Balaban J connectivity index is 1.76. The van der Waals surface area contributed by atoms with Crippen LogP contribution in [0.4, 0.5) is 0 Å². The highest BCUT2D eigenvalue weighted by Crippen LogP contribution is 2.39. The molecule has 0 unspecified atom stereocenters. The number of ether oxygens (including phenoxy) is 3. The number of imidazole rings is 1. The summed E-state index contributed by atoms with van der Waals surface area (Å²) >= 11 is 0. The van der Waals surface area contributed by atoms with Crippen molar-refractivity contribution in [3.8, 4) is 5.75 Å². The van der Waals surface area contributed by atoms with E-state index in [1.807, 2.05) is 29.2 Å². The van der Waals surface area contributed by atoms with E-state index in [0.29, 0.717) is 13.0 Å². The van der Waals surface area contributed by atoms with Gasteiger partial charge in [0.2, 0.25) is 0 Å². The van der Waals surface area contributed by atoms with Gasteiger partial charge in [0.1, 0.15) is 11.4 Å². The van der Waals surface area contributed by atoms with Crippen LogP contribution in [-0.2, 0) is 22.4 Å². The lowest BCUT2D eigenvalue weighted by Crippen LogP contribution is -2.53. The molecule has 5 nitrogen and oxygen atoms in total. The van der Waals surface area contributed by atoms with Crippen LogP contribution >= 0.6 is 0 Å². The second-order valence-corrected chi connectivity index (χ2v) is 9.76. The van der Waals surface area contributed by atoms with Crippen molar-refractivity contribution in [3.63, 3.8) is 0 Å². The van der Waals surface area contributed by atoms with Crippen LogP contribution in [-0.4, -0.2) is 34.2 Å². The molecule has 2 heterocycles. The largest absolute Gasteiger partial charge is 0.488 e. The lowest BCUT2D eigenvalue weighted by molar-refractivity contribution is -0.311. The van der Waals surface area contributed by atoms with Crippen LogP contribution in [0.3, 0.4) is 0 Å². The maximum absolute atomic E-state index is 6.57. The highest BCUT2D eigenvalue weighted by atomic mass is 16.7. The molecule has 1 fully saturated rings. The molecule has 0 aliphatic carbocycles. The van der Waals surface area contributed by atoms with Crippen molar-refractivity contribution in [2.24, 2.45) is 5.41 Å². The molecule has 2 aromatic rings. The van der Waals surface area contributed by atoms with E-state index in [2.05, 4.69) is 51.7 Å². The van der Waals surface area contributed by atoms with Gasteiger partial charge in [-0.2, -0.15) is 0 Å². The average Bonchev–Trinajstić information content (AvgIpc) is 3.18. The third-order valence-corrected chi connectivity index (χ3v) is 5.65. The highest BCUT2D eigenvalue weighted by Gasteiger charge is 2.44. The van der Waals surface area contributed by atoms with Crippen LogP contribution in [0.5, 0.6) is 5.75 Å². The summed E-state index contributed by atoms with van der Waals surface area (Å²) < 4.78 is 21.2. The van der Waals surface area contributed by atoms with Gasteiger partial charge in [0.15, 0.2) is 5.79 Å². The van der Waals surface area contributed by atoms with Gasteiger partial charge >= 0.3 is 0 Å². The van der Waals surface area contributed by atoms with Crippen molar-refractivity contribution < 1.29 is 14.2 Å². The maximum atomic E-state index is 6.57. The molecule has 0 saturated carbocycles. The van der Waals surface area contributed by atoms with Crippen LogP contribution in [0, 0.1) is 5.41 Å². The van der Waals surface area contributed by atoms with Crippen LogP contribution < -0.4 is 4.74 Å². The molecule has 0 amide bonds. The Morgan fingerprint density at radius 1 is 1.03 bits per heavy atom. The van der Waals surface area contributed by atoms with E-state index in [9.17, 15) is 0 Å². The minimum atomic E-state index is -0.682. The minimum absolute atomic E-state index is 0.131. The van der Waals surface area contributed by atoms with Gasteiger partial charge in [0, 0.05) is 24.2 Å². The van der Waals surface area contributed by atoms with Crippen molar-refractivity contribution in [1.82, 2.24) is 9.55 Å². The van der Waals surface area contributed by atoms with Gasteiger partial charge in [0.05, 0.1) is 26.1 Å². The number of rotatable bonds is 9. The molecule has 30 heavy (non-hydrogen) atoms. The van der Waals surface area contributed by atoms with Crippen LogP contribution in [0.2, 0.25) is 0 Å². The lowest BCUT2D eigenvalue weighted by atomic mass is 9.79. The Kier molecular flexibility index (Phi) is 7.25. The molecular formula is C25H38N2O3. The fraction of sp³-hybridized carbons (Fsp3) is 0.640. The fourth-order valence-corrected chi connectivity index (χ4v) is 4.37. The second-order valence-electron chi connectivity index (χ2n) is 9.76. The Morgan fingerprint density at radius 3 is 2.17 bits per heavy atom. The van der Waals surface area contributed by atoms with E-state index in [0.717, 1.165) is 44.6 Å². The van der Waals surface area contributed by atoms with E-state index in [1.165, 1.54) is 5.56 Å². The first kappa shape index (κ1) is 22.8. The Labute approximate surface area is 181 Å². The van der Waals surface area contributed by atoms with Crippen molar-refractivity contribution in [2.45, 2.75) is 84.7 Å². The van der Waals surface area contributed by atoms with Crippen LogP contribution in [0.15, 0.2) is 43.0 Å². The van der Waals surface area contributed by atoms with Crippen molar-refractivity contribution >= 4 is 0 Å². The number of hydrogen-bond donors (Lipinski definition) is 0. The van der Waals surface area contributed by atoms with E-state index in [1.54, 1.807) is 6.20 Å². The summed E-state index contributed by atoms with van der Waals surface area (Å²) in [5.74, 6) is 0.197. The average molecular weight is 415 g/mol. The standard InChI is InChI=1S/C25H38N2O3/c1-6-12-24(13-7-2)18-28-25(29-19-24,17-27-15-14-26-20-27)16-21-8-10-22(11-9-21)30-23(3,4)5/h8-11,14-15,20H,6-7,12-13,16-19H2,1-5H3. The third-order valence-electron chi connectivity index (χ3n) is 5.65. The second kappa shape index (κ2) is 9.52. The van der Waals surface area contributed by atoms with Crippen LogP contribution in [0.1, 0.15) is 65.9 Å². The lowest BCUT2D eigenvalue weighted by Gasteiger charge is -2.46. The summed E-state index contributed by atoms with van der Waals surface area (Å²) in [6.45, 7) is 12.8. The molecule has 1 aliphatic heterocycles. The molecule has 0 radical (unpaired) electrons. The van der Waals surface area contributed by atoms with Gasteiger partial charge in [-0.1, -0.05) is 38.8 Å². The molecule has 0 spiro atoms. The van der Waals surface area contributed by atoms with Crippen molar-refractivity contribution in [2.75, 3.05) is 13.2 Å². The number of nitrogens with zero attached hydrogens (tertiary/aromatic N) is 2. The SMILES string of the molecule is CCCC1(CCC)COC(Cc2ccc(OC(C)(C)C)cc2)(Cn2ccnc2)OC1. The predicted octanol–water partition coefficient (Wildman–Crippen LogP) is 5.63. The zero-order valence-electron chi connectivity index (χ0n) is 19.3. The highest BCUT2D eigenvalue weighted by molar-refractivity contribution is 5.28. The number of aromatic nitrogens is 2. The smallest absolute Gasteiger partial charge is 0.190 e. The van der Waals surface area contributed by atoms with Gasteiger partial charge in [-0.15, -0.1) is 0 Å². The van der Waals surface area contributed by atoms with Crippen molar-refractivity contribution in [1.29, 1.82) is 0 Å². The summed E-state index contributed by atoms with van der Waals surface area (Å²) in [5.41, 5.74) is 1.10. The summed E-state index contributed by atoms with van der Waals surface area (Å²) in [7, 11) is 0. The monoisotopic (exact) mass is 414 g/mol. The molecule has 166 valence electrons. The first-order valence-electron chi connectivity index (χ1n) is 11.3. The first-order chi connectivity index (χ1) is 14.3. The predicted molar refractivity (Wildman–Crippen MR) is 120 cm³/mol. The van der Waals surface area contributed by atoms with E-state index in [4.69, 9.17) is 14.2 Å². The Morgan fingerprint density at radius 2 is 1.67 bits per heavy atom. The normalized spacial score (nSPS) is 18.3. The zero-order chi connectivity index (χ0) is 21.7. The Hall–Kier alpha value is -1.85. The van der Waals surface area contributed by atoms with E-state index < -0.39 is 5.79 Å². The Bertz CT molecular complexity index is 747. The summed E-state index contributed by atoms with van der Waals surface area (Å²) in [4.78, 5) is 4.19. The van der Waals surface area contributed by atoms with Gasteiger partial charge in [-0.25, -0.2) is 4.98 Å². The van der Waals surface area contributed by atoms with Gasteiger partial charge in [0.25, 0.3) is 0 Å². The first-order valence-corrected chi connectivity index (χ1v) is 11.3. The summed E-state index contributed by atoms with van der Waals surface area (Å²) in [6, 6.07) is 8.30. The van der Waals surface area contributed by atoms with E-state index in [-0.39, 0.29) is 11.0 Å². The molecule has 5 heteroatoms. The number of benzene rings is 1. The molecule has 0 atom stereocenters. The van der Waals surface area contributed by atoms with Crippen molar-refractivity contribution in [3.05, 3.63) is 48.5 Å². The molecule has 0 bridgehead atoms. The zero-order valence-corrected chi connectivity index (χ0v) is 19.3. The maximum Gasteiger partial charge on any atom is 0.190 e. The molecular weight excluding hydrogens is 376 g/mol. The van der Waals surface area contributed by atoms with Gasteiger partial charge in [-0.05, 0) is 51.3 Å². The van der Waals surface area contributed by atoms with Crippen LogP contribution in [0.25, 0.3) is 0 Å². The molecule has 0 N–H and O–H groups in total. The molecule has 1 aliphatic rings. The minimum Gasteiger partial charge on any atom is -0.488 e. The molecule has 1 aromatic heterocycles. The topological polar surface area (TPSA) is 45.5 Å². The van der Waals surface area contributed by atoms with Gasteiger partial charge < -0.3 is 18.8 Å². The molecule has 1 aromatic carbocycles. The number of hydrogen-bond acceptors (Lipinski definition) is 4. The summed E-state index contributed by atoms with van der Waals surface area (Å²) in [6.07, 6.45) is 10.9. The van der Waals surface area contributed by atoms with E-state index >= 15 is 0 Å².